The lowest BCUT2D eigenvalue weighted by Gasteiger charge is -2.21. The van der Waals surface area contributed by atoms with Gasteiger partial charge in [0.1, 0.15) is 5.82 Å². The van der Waals surface area contributed by atoms with Crippen LogP contribution in [-0.2, 0) is 12.8 Å². The predicted molar refractivity (Wildman–Crippen MR) is 119 cm³/mol. The van der Waals surface area contributed by atoms with Gasteiger partial charge < -0.3 is 10.2 Å². The van der Waals surface area contributed by atoms with E-state index in [1.807, 2.05) is 28.8 Å². The molecule has 0 unspecified atom stereocenters. The summed E-state index contributed by atoms with van der Waals surface area (Å²) in [5.74, 6) is 1.88. The first kappa shape index (κ1) is 20.6. The van der Waals surface area contributed by atoms with E-state index in [1.54, 1.807) is 11.3 Å². The number of guanidine groups is 1. The summed E-state index contributed by atoms with van der Waals surface area (Å²) in [7, 11) is 2.08. The molecule has 0 aliphatic rings. The van der Waals surface area contributed by atoms with E-state index < -0.39 is 0 Å². The van der Waals surface area contributed by atoms with Crippen LogP contribution >= 0.6 is 35.3 Å². The van der Waals surface area contributed by atoms with Crippen LogP contribution in [0.25, 0.3) is 5.65 Å². The van der Waals surface area contributed by atoms with E-state index in [9.17, 15) is 0 Å². The highest BCUT2D eigenvalue weighted by Crippen LogP contribution is 2.09. The summed E-state index contributed by atoms with van der Waals surface area (Å²) >= 11 is 1.80. The Morgan fingerprint density at radius 1 is 1.23 bits per heavy atom. The number of thiophene rings is 1. The molecule has 0 aromatic carbocycles. The molecule has 0 saturated heterocycles. The quantitative estimate of drug-likeness (QED) is 0.318. The summed E-state index contributed by atoms with van der Waals surface area (Å²) in [6, 6.07) is 10.2. The maximum absolute atomic E-state index is 4.75. The summed E-state index contributed by atoms with van der Waals surface area (Å²) < 4.78 is 2.02. The standard InChI is InChI=1S/C18H24N6S.HI/c1-3-19-18(23(2)13-10-15-7-6-14-25-15)20-11-9-17-22-21-16-8-4-5-12-24(16)17;/h4-8,12,14H,3,9-11,13H2,1-2H3,(H,19,20);1H. The number of likely N-dealkylation sites (N-methyl/N-ethyl adjacent to an activating group) is 1. The van der Waals surface area contributed by atoms with Crippen LogP contribution in [0, 0.1) is 0 Å². The zero-order valence-electron chi connectivity index (χ0n) is 15.1. The number of hydrogen-bond donors (Lipinski definition) is 1. The molecule has 1 N–H and O–H groups in total. The van der Waals surface area contributed by atoms with Gasteiger partial charge in [-0.05, 0) is 36.9 Å². The Morgan fingerprint density at radius 3 is 2.88 bits per heavy atom. The molecule has 140 valence electrons. The van der Waals surface area contributed by atoms with E-state index in [0.29, 0.717) is 6.54 Å². The van der Waals surface area contributed by atoms with E-state index in [-0.39, 0.29) is 24.0 Å². The third-order valence-electron chi connectivity index (χ3n) is 3.95. The fraction of sp³-hybridized carbons (Fsp3) is 0.389. The molecule has 0 fully saturated rings. The van der Waals surface area contributed by atoms with E-state index in [1.165, 1.54) is 4.88 Å². The highest BCUT2D eigenvalue weighted by atomic mass is 127. The largest absolute Gasteiger partial charge is 0.357 e. The molecule has 0 bridgehead atoms. The number of pyridine rings is 1. The molecule has 0 aliphatic heterocycles. The van der Waals surface area contributed by atoms with Gasteiger partial charge in [0, 0.05) is 44.2 Å². The van der Waals surface area contributed by atoms with Crippen LogP contribution in [0.15, 0.2) is 46.9 Å². The molecule has 3 heterocycles. The fourth-order valence-corrected chi connectivity index (χ4v) is 3.33. The molecule has 26 heavy (non-hydrogen) atoms. The summed E-state index contributed by atoms with van der Waals surface area (Å²) in [6.45, 7) is 4.58. The van der Waals surface area contributed by atoms with E-state index in [4.69, 9.17) is 4.99 Å². The Morgan fingerprint density at radius 2 is 2.12 bits per heavy atom. The minimum absolute atomic E-state index is 0. The van der Waals surface area contributed by atoms with E-state index in [2.05, 4.69) is 51.9 Å². The van der Waals surface area contributed by atoms with Crippen molar-refractivity contribution in [1.29, 1.82) is 0 Å². The van der Waals surface area contributed by atoms with Crippen LogP contribution in [0.1, 0.15) is 17.6 Å². The smallest absolute Gasteiger partial charge is 0.193 e. The molecule has 6 nitrogen and oxygen atoms in total. The van der Waals surface area contributed by atoms with Crippen molar-refractivity contribution < 1.29 is 0 Å². The van der Waals surface area contributed by atoms with Gasteiger partial charge in [-0.2, -0.15) is 0 Å². The Kier molecular flexibility index (Phi) is 8.30. The molecule has 3 rings (SSSR count). The van der Waals surface area contributed by atoms with Gasteiger partial charge in [-0.15, -0.1) is 45.5 Å². The second-order valence-electron chi connectivity index (χ2n) is 5.78. The summed E-state index contributed by atoms with van der Waals surface area (Å²) in [6.07, 6.45) is 3.79. The number of halogens is 1. The monoisotopic (exact) mass is 484 g/mol. The molecular formula is C18H25IN6S. The number of rotatable bonds is 7. The molecule has 0 radical (unpaired) electrons. The molecule has 0 saturated carbocycles. The maximum Gasteiger partial charge on any atom is 0.193 e. The molecule has 8 heteroatoms. The molecule has 3 aromatic rings. The van der Waals surface area contributed by atoms with E-state index in [0.717, 1.165) is 43.4 Å². The van der Waals surface area contributed by atoms with Crippen molar-refractivity contribution in [2.24, 2.45) is 4.99 Å². The number of fused-ring (bicyclic) bond motifs is 1. The number of aliphatic imine (C=N–C) groups is 1. The van der Waals surface area contributed by atoms with Crippen LogP contribution in [0.2, 0.25) is 0 Å². The maximum atomic E-state index is 4.75. The molecule has 0 amide bonds. The molecule has 0 spiro atoms. The van der Waals surface area contributed by atoms with Gasteiger partial charge in [-0.25, -0.2) is 0 Å². The predicted octanol–water partition coefficient (Wildman–Crippen LogP) is 3.09. The van der Waals surface area contributed by atoms with Crippen molar-refractivity contribution in [2.75, 3.05) is 26.7 Å². The lowest BCUT2D eigenvalue weighted by Crippen LogP contribution is -2.40. The summed E-state index contributed by atoms with van der Waals surface area (Å²) in [5.41, 5.74) is 0.876. The van der Waals surface area contributed by atoms with Crippen LogP contribution in [-0.4, -0.2) is 52.1 Å². The van der Waals surface area contributed by atoms with Crippen molar-refractivity contribution in [3.8, 4) is 0 Å². The highest BCUT2D eigenvalue weighted by molar-refractivity contribution is 14.0. The number of aromatic nitrogens is 3. The Hall–Kier alpha value is -1.68. The fourth-order valence-electron chi connectivity index (χ4n) is 2.63. The summed E-state index contributed by atoms with van der Waals surface area (Å²) in [4.78, 5) is 8.33. The van der Waals surface area contributed by atoms with Gasteiger partial charge in [-0.1, -0.05) is 12.1 Å². The zero-order chi connectivity index (χ0) is 17.5. The van der Waals surface area contributed by atoms with Crippen LogP contribution in [0.5, 0.6) is 0 Å². The number of nitrogens with one attached hydrogen (secondary N) is 1. The SMILES string of the molecule is CCNC(=NCCc1nnc2ccccn12)N(C)CCc1cccs1.I. The molecule has 3 aromatic heterocycles. The lowest BCUT2D eigenvalue weighted by atomic mass is 10.3. The third kappa shape index (κ3) is 5.41. The van der Waals surface area contributed by atoms with Gasteiger partial charge in [0.25, 0.3) is 0 Å². The second-order valence-corrected chi connectivity index (χ2v) is 6.81. The zero-order valence-corrected chi connectivity index (χ0v) is 18.3. The van der Waals surface area contributed by atoms with Crippen molar-refractivity contribution in [3.63, 3.8) is 0 Å². The van der Waals surface area contributed by atoms with Crippen LogP contribution in [0.4, 0.5) is 0 Å². The van der Waals surface area contributed by atoms with Gasteiger partial charge >= 0.3 is 0 Å². The molecule has 0 aliphatic carbocycles. The molecular weight excluding hydrogens is 459 g/mol. The first-order chi connectivity index (χ1) is 12.3. The van der Waals surface area contributed by atoms with Crippen molar-refractivity contribution in [2.45, 2.75) is 19.8 Å². The van der Waals surface area contributed by atoms with Gasteiger partial charge in [0.05, 0.1) is 0 Å². The minimum atomic E-state index is 0. The highest BCUT2D eigenvalue weighted by Gasteiger charge is 2.08. The third-order valence-corrected chi connectivity index (χ3v) is 4.89. The summed E-state index contributed by atoms with van der Waals surface area (Å²) in [5, 5.41) is 13.9. The first-order valence-electron chi connectivity index (χ1n) is 8.58. The number of nitrogens with zero attached hydrogens (tertiary/aromatic N) is 5. The normalized spacial score (nSPS) is 11.4. The topological polar surface area (TPSA) is 57.8 Å². The van der Waals surface area contributed by atoms with Crippen molar-refractivity contribution >= 4 is 46.9 Å². The Bertz CT molecular complexity index is 814. The molecule has 0 atom stereocenters. The van der Waals surface area contributed by atoms with Crippen molar-refractivity contribution in [1.82, 2.24) is 24.8 Å². The average molecular weight is 484 g/mol. The number of hydrogen-bond acceptors (Lipinski definition) is 4. The van der Waals surface area contributed by atoms with Crippen LogP contribution in [0.3, 0.4) is 0 Å². The van der Waals surface area contributed by atoms with Crippen LogP contribution < -0.4 is 5.32 Å². The van der Waals surface area contributed by atoms with Crippen molar-refractivity contribution in [3.05, 3.63) is 52.6 Å². The Balaban J connectivity index is 0.00000243. The lowest BCUT2D eigenvalue weighted by molar-refractivity contribution is 0.486. The minimum Gasteiger partial charge on any atom is -0.357 e. The Labute approximate surface area is 175 Å². The average Bonchev–Trinajstić information content (AvgIpc) is 3.29. The first-order valence-corrected chi connectivity index (χ1v) is 9.46. The second kappa shape index (κ2) is 10.5. The van der Waals surface area contributed by atoms with E-state index >= 15 is 0 Å². The van der Waals surface area contributed by atoms with Gasteiger partial charge in [0.2, 0.25) is 0 Å². The van der Waals surface area contributed by atoms with Gasteiger partial charge in [-0.3, -0.25) is 9.39 Å². The van der Waals surface area contributed by atoms with Gasteiger partial charge in [0.15, 0.2) is 11.6 Å².